The maximum absolute atomic E-state index is 12.3. The summed E-state index contributed by atoms with van der Waals surface area (Å²) in [6.07, 6.45) is -1.01. The third-order valence-electron chi connectivity index (χ3n) is 4.65. The smallest absolute Gasteiger partial charge is 0.379 e. The maximum Gasteiger partial charge on any atom is 0.379 e. The molecule has 0 fully saturated rings. The molecule has 0 radical (unpaired) electrons. The molecule has 2 aromatic carbocycles. The number of benzene rings is 2. The van der Waals surface area contributed by atoms with Crippen molar-refractivity contribution in [3.8, 4) is 5.75 Å². The minimum atomic E-state index is -1.88. The van der Waals surface area contributed by atoms with E-state index in [1.165, 1.54) is 6.92 Å². The van der Waals surface area contributed by atoms with Gasteiger partial charge in [-0.3, -0.25) is 14.4 Å². The highest BCUT2D eigenvalue weighted by atomic mass is 16.6. The number of esters is 2. The number of Topliss-reactive ketones (excluding diaryl/α,β-unsaturated/α-hetero) is 1. The van der Waals surface area contributed by atoms with Crippen LogP contribution in [0.3, 0.4) is 0 Å². The van der Waals surface area contributed by atoms with Crippen LogP contribution in [0.5, 0.6) is 5.75 Å². The van der Waals surface area contributed by atoms with Crippen molar-refractivity contribution in [2.75, 3.05) is 6.61 Å². The van der Waals surface area contributed by atoms with E-state index >= 15 is 0 Å². The van der Waals surface area contributed by atoms with Gasteiger partial charge in [-0.15, -0.1) is 0 Å². The molecule has 0 amide bonds. The molecule has 0 saturated heterocycles. The lowest BCUT2D eigenvalue weighted by Gasteiger charge is -2.17. The van der Waals surface area contributed by atoms with E-state index in [1.54, 1.807) is 6.07 Å². The van der Waals surface area contributed by atoms with Gasteiger partial charge < -0.3 is 19.9 Å². The molecular formula is C24H27NO7. The van der Waals surface area contributed by atoms with Crippen molar-refractivity contribution in [1.29, 1.82) is 0 Å². The summed E-state index contributed by atoms with van der Waals surface area (Å²) in [6, 6.07) is 14.1. The average molecular weight is 441 g/mol. The topological polar surface area (TPSA) is 122 Å². The Hall–Kier alpha value is -3.52. The summed E-state index contributed by atoms with van der Waals surface area (Å²) in [7, 11) is 0. The van der Waals surface area contributed by atoms with Gasteiger partial charge in [0.15, 0.2) is 6.29 Å². The number of aryl methyl sites for hydroxylation is 1. The zero-order chi connectivity index (χ0) is 23.5. The second-order valence-electron chi connectivity index (χ2n) is 6.95. The zero-order valence-corrected chi connectivity index (χ0v) is 18.1. The van der Waals surface area contributed by atoms with Crippen LogP contribution in [0.15, 0.2) is 48.5 Å². The van der Waals surface area contributed by atoms with Crippen LogP contribution in [0.1, 0.15) is 30.5 Å². The first-order chi connectivity index (χ1) is 15.4. The van der Waals surface area contributed by atoms with E-state index in [-0.39, 0.29) is 19.3 Å². The molecule has 170 valence electrons. The Labute approximate surface area is 186 Å². The lowest BCUT2D eigenvalue weighted by Crippen LogP contribution is -2.41. The third kappa shape index (κ3) is 7.02. The van der Waals surface area contributed by atoms with Crippen LogP contribution in [0.25, 0.3) is 0 Å². The molecule has 8 heteroatoms. The van der Waals surface area contributed by atoms with Crippen LogP contribution in [-0.2, 0) is 48.1 Å². The minimum Gasteiger partial charge on any atom is -0.489 e. The molecule has 2 unspecified atom stereocenters. The normalized spacial score (nSPS) is 12.3. The molecule has 2 atom stereocenters. The summed E-state index contributed by atoms with van der Waals surface area (Å²) in [4.78, 5) is 46.7. The van der Waals surface area contributed by atoms with Crippen molar-refractivity contribution in [3.05, 3.63) is 65.2 Å². The second kappa shape index (κ2) is 12.4. The van der Waals surface area contributed by atoms with E-state index in [4.69, 9.17) is 15.2 Å². The van der Waals surface area contributed by atoms with Crippen molar-refractivity contribution in [3.63, 3.8) is 0 Å². The Balaban J connectivity index is 2.00. The Bertz CT molecular complexity index is 943. The van der Waals surface area contributed by atoms with Crippen molar-refractivity contribution >= 4 is 24.0 Å². The monoisotopic (exact) mass is 441 g/mol. The first-order valence-electron chi connectivity index (χ1n) is 10.3. The van der Waals surface area contributed by atoms with E-state index < -0.39 is 29.9 Å². The van der Waals surface area contributed by atoms with Gasteiger partial charge in [-0.1, -0.05) is 43.3 Å². The molecule has 2 aromatic rings. The molecule has 0 spiro atoms. The zero-order valence-electron chi connectivity index (χ0n) is 18.1. The van der Waals surface area contributed by atoms with Gasteiger partial charge in [-0.25, -0.2) is 4.79 Å². The van der Waals surface area contributed by atoms with Crippen molar-refractivity contribution in [1.82, 2.24) is 0 Å². The van der Waals surface area contributed by atoms with Gasteiger partial charge in [0.05, 0.1) is 6.61 Å². The Morgan fingerprint density at radius 3 is 2.38 bits per heavy atom. The van der Waals surface area contributed by atoms with Crippen LogP contribution in [-0.4, -0.2) is 42.8 Å². The van der Waals surface area contributed by atoms with Gasteiger partial charge in [-0.05, 0) is 48.6 Å². The first kappa shape index (κ1) is 24.7. The van der Waals surface area contributed by atoms with Crippen LogP contribution in [0.4, 0.5) is 0 Å². The Morgan fingerprint density at radius 1 is 1.03 bits per heavy atom. The number of ether oxygens (including phenoxy) is 3. The SMILES string of the molecule is CCOC(=O)C(=O)C(C=O)OC(=O)C(N)Cc1ccc(OCc2ccccc2)cc1CC. The van der Waals surface area contributed by atoms with Crippen molar-refractivity contribution in [2.24, 2.45) is 5.73 Å². The van der Waals surface area contributed by atoms with Crippen LogP contribution in [0.2, 0.25) is 0 Å². The molecule has 0 aliphatic rings. The summed E-state index contributed by atoms with van der Waals surface area (Å²) in [5.74, 6) is -2.78. The number of ketones is 1. The van der Waals surface area contributed by atoms with Gasteiger partial charge >= 0.3 is 11.9 Å². The van der Waals surface area contributed by atoms with E-state index in [2.05, 4.69) is 4.74 Å². The lowest BCUT2D eigenvalue weighted by molar-refractivity contribution is -0.165. The van der Waals surface area contributed by atoms with Crippen LogP contribution in [0, 0.1) is 0 Å². The summed E-state index contributed by atoms with van der Waals surface area (Å²) in [5.41, 5.74) is 8.72. The highest BCUT2D eigenvalue weighted by Crippen LogP contribution is 2.21. The van der Waals surface area contributed by atoms with Gasteiger partial charge in [0, 0.05) is 0 Å². The quantitative estimate of drug-likeness (QED) is 0.230. The summed E-state index contributed by atoms with van der Waals surface area (Å²) in [6.45, 7) is 3.85. The Morgan fingerprint density at radius 2 is 1.75 bits per heavy atom. The van der Waals surface area contributed by atoms with Gasteiger partial charge in [0.1, 0.15) is 18.4 Å². The lowest BCUT2D eigenvalue weighted by atomic mass is 9.98. The number of hydrogen-bond donors (Lipinski definition) is 1. The van der Waals surface area contributed by atoms with Crippen LogP contribution >= 0.6 is 0 Å². The fraction of sp³-hybridized carbons (Fsp3) is 0.333. The van der Waals surface area contributed by atoms with Crippen molar-refractivity contribution < 1.29 is 33.4 Å². The minimum absolute atomic E-state index is 0.0472. The van der Waals surface area contributed by atoms with E-state index in [1.807, 2.05) is 49.4 Å². The molecule has 2 N–H and O–H groups in total. The molecule has 0 bridgehead atoms. The predicted molar refractivity (Wildman–Crippen MR) is 116 cm³/mol. The van der Waals surface area contributed by atoms with Gasteiger partial charge in [0.2, 0.25) is 6.10 Å². The van der Waals surface area contributed by atoms with E-state index in [0.717, 1.165) is 16.7 Å². The molecule has 2 rings (SSSR count). The molecule has 8 nitrogen and oxygen atoms in total. The van der Waals surface area contributed by atoms with Gasteiger partial charge in [0.25, 0.3) is 5.78 Å². The van der Waals surface area contributed by atoms with E-state index in [9.17, 15) is 19.2 Å². The average Bonchev–Trinajstić information content (AvgIpc) is 2.81. The van der Waals surface area contributed by atoms with Crippen LogP contribution < -0.4 is 10.5 Å². The summed E-state index contributed by atoms with van der Waals surface area (Å²) < 4.78 is 15.2. The fourth-order valence-corrected chi connectivity index (χ4v) is 2.96. The number of hydrogen-bond acceptors (Lipinski definition) is 8. The number of carbonyl (C=O) groups excluding carboxylic acids is 4. The molecule has 0 aliphatic heterocycles. The maximum atomic E-state index is 12.3. The summed E-state index contributed by atoms with van der Waals surface area (Å²) >= 11 is 0. The molecule has 32 heavy (non-hydrogen) atoms. The number of aldehydes is 1. The fourth-order valence-electron chi connectivity index (χ4n) is 2.96. The summed E-state index contributed by atoms with van der Waals surface area (Å²) in [5, 5.41) is 0. The number of nitrogens with two attached hydrogens (primary N) is 1. The third-order valence-corrected chi connectivity index (χ3v) is 4.65. The van der Waals surface area contributed by atoms with Crippen molar-refractivity contribution in [2.45, 2.75) is 45.4 Å². The predicted octanol–water partition coefficient (Wildman–Crippen LogP) is 1.94. The second-order valence-corrected chi connectivity index (χ2v) is 6.95. The molecule has 0 saturated carbocycles. The number of carbonyl (C=O) groups is 4. The van der Waals surface area contributed by atoms with Gasteiger partial charge in [-0.2, -0.15) is 0 Å². The largest absolute Gasteiger partial charge is 0.489 e. The molecule has 0 heterocycles. The Kier molecular flexibility index (Phi) is 9.56. The highest BCUT2D eigenvalue weighted by Gasteiger charge is 2.31. The molecule has 0 aromatic heterocycles. The highest BCUT2D eigenvalue weighted by molar-refractivity contribution is 6.38. The molecule has 0 aliphatic carbocycles. The standard InChI is InChI=1S/C24H27NO7/c1-3-17-12-19(31-15-16-8-6-5-7-9-16)11-10-18(17)13-20(25)23(28)32-21(14-26)22(27)24(29)30-4-2/h5-12,14,20-21H,3-4,13,15,25H2,1-2H3. The van der Waals surface area contributed by atoms with E-state index in [0.29, 0.717) is 18.8 Å². The molecular weight excluding hydrogens is 414 g/mol. The number of rotatable bonds is 12. The first-order valence-corrected chi connectivity index (χ1v) is 10.3.